The number of hydrogen-bond acceptors (Lipinski definition) is 4. The largest absolute Gasteiger partial charge is 0.458 e. The smallest absolute Gasteiger partial charge is 0.411 e. The quantitative estimate of drug-likeness (QED) is 0.657. The summed E-state index contributed by atoms with van der Waals surface area (Å²) in [6.45, 7) is 0.349. The maximum absolute atomic E-state index is 11.5. The van der Waals surface area contributed by atoms with E-state index in [4.69, 9.17) is 9.47 Å². The first-order valence-corrected chi connectivity index (χ1v) is 7.08. The summed E-state index contributed by atoms with van der Waals surface area (Å²) in [5, 5.41) is 2.34. The summed E-state index contributed by atoms with van der Waals surface area (Å²) in [6, 6.07) is 18.6. The minimum Gasteiger partial charge on any atom is -0.458 e. The first kappa shape index (κ1) is 16.3. The fourth-order valence-corrected chi connectivity index (χ4v) is 1.72. The van der Waals surface area contributed by atoms with Gasteiger partial charge in [0.25, 0.3) is 0 Å². The van der Waals surface area contributed by atoms with Gasteiger partial charge < -0.3 is 9.47 Å². The predicted octanol–water partition coefficient (Wildman–Crippen LogP) is 3.17. The third-order valence-corrected chi connectivity index (χ3v) is 2.86. The Morgan fingerprint density at radius 3 is 1.91 bits per heavy atom. The van der Waals surface area contributed by atoms with Crippen LogP contribution in [-0.2, 0) is 27.5 Å². The molecule has 2 aromatic carbocycles. The van der Waals surface area contributed by atoms with Crippen LogP contribution in [0.2, 0.25) is 0 Å². The molecule has 0 spiro atoms. The molecule has 0 aliphatic rings. The monoisotopic (exact) mass is 311 g/mol. The third kappa shape index (κ3) is 6.48. The number of alkyl carbamates (subject to hydrolysis) is 1. The molecule has 0 heterocycles. The Labute approximate surface area is 134 Å². The van der Waals surface area contributed by atoms with Crippen molar-refractivity contribution in [1.82, 2.24) is 5.32 Å². The van der Waals surface area contributed by atoms with E-state index in [1.807, 2.05) is 60.7 Å². The van der Waals surface area contributed by atoms with Gasteiger partial charge in [0.1, 0.15) is 13.2 Å². The molecule has 0 unspecified atom stereocenters. The molecule has 23 heavy (non-hydrogen) atoms. The summed E-state index contributed by atoms with van der Waals surface area (Å²) >= 11 is 0. The van der Waals surface area contributed by atoms with E-state index < -0.39 is 12.1 Å². The average Bonchev–Trinajstić information content (AvgIpc) is 2.60. The molecule has 5 heteroatoms. The van der Waals surface area contributed by atoms with Crippen LogP contribution in [0.25, 0.3) is 0 Å². The highest BCUT2D eigenvalue weighted by molar-refractivity contribution is 5.82. The van der Waals surface area contributed by atoms with Gasteiger partial charge in [-0.3, -0.25) is 5.32 Å². The normalized spacial score (nSPS) is 10.3. The Morgan fingerprint density at radius 1 is 0.826 bits per heavy atom. The number of carbonyl (C=O) groups excluding carboxylic acids is 2. The van der Waals surface area contributed by atoms with Crippen molar-refractivity contribution in [3.8, 4) is 0 Å². The van der Waals surface area contributed by atoms with E-state index in [9.17, 15) is 9.59 Å². The Morgan fingerprint density at radius 2 is 1.35 bits per heavy atom. The minimum atomic E-state index is -0.638. The Hall–Kier alpha value is -3.08. The highest BCUT2D eigenvalue weighted by atomic mass is 16.5. The number of hydrogen-bond donors (Lipinski definition) is 1. The second kappa shape index (κ2) is 9.04. The SMILES string of the molecule is O=C(/C=C/NC(=O)OCc1ccccc1)OCc1ccccc1. The zero-order chi connectivity index (χ0) is 16.3. The Balaban J connectivity index is 1.65. The van der Waals surface area contributed by atoms with Crippen molar-refractivity contribution in [1.29, 1.82) is 0 Å². The minimum absolute atomic E-state index is 0.166. The molecular weight excluding hydrogens is 294 g/mol. The van der Waals surface area contributed by atoms with Gasteiger partial charge in [-0.1, -0.05) is 60.7 Å². The molecular formula is C18H17NO4. The van der Waals surface area contributed by atoms with Crippen molar-refractivity contribution >= 4 is 12.1 Å². The lowest BCUT2D eigenvalue weighted by atomic mass is 10.2. The van der Waals surface area contributed by atoms with Crippen LogP contribution in [0.5, 0.6) is 0 Å². The molecule has 118 valence electrons. The van der Waals surface area contributed by atoms with E-state index in [-0.39, 0.29) is 13.2 Å². The summed E-state index contributed by atoms with van der Waals surface area (Å²) in [4.78, 5) is 22.9. The summed E-state index contributed by atoms with van der Waals surface area (Å²) in [6.07, 6.45) is 1.69. The lowest BCUT2D eigenvalue weighted by Gasteiger charge is -2.04. The molecule has 0 aliphatic heterocycles. The van der Waals surface area contributed by atoms with Gasteiger partial charge in [0, 0.05) is 12.3 Å². The molecule has 1 N–H and O–H groups in total. The second-order valence-electron chi connectivity index (χ2n) is 4.63. The first-order chi connectivity index (χ1) is 11.2. The molecule has 0 fully saturated rings. The van der Waals surface area contributed by atoms with Crippen LogP contribution in [0.15, 0.2) is 72.9 Å². The van der Waals surface area contributed by atoms with E-state index in [1.165, 1.54) is 6.20 Å². The van der Waals surface area contributed by atoms with Gasteiger partial charge in [0.2, 0.25) is 0 Å². The summed E-state index contributed by atoms with van der Waals surface area (Å²) in [7, 11) is 0. The van der Waals surface area contributed by atoms with Crippen LogP contribution in [0.4, 0.5) is 4.79 Å². The summed E-state index contributed by atoms with van der Waals surface area (Å²) in [5.41, 5.74) is 1.78. The van der Waals surface area contributed by atoms with Crippen LogP contribution >= 0.6 is 0 Å². The maximum Gasteiger partial charge on any atom is 0.411 e. The number of benzene rings is 2. The van der Waals surface area contributed by atoms with Gasteiger partial charge >= 0.3 is 12.1 Å². The van der Waals surface area contributed by atoms with Crippen LogP contribution in [-0.4, -0.2) is 12.1 Å². The van der Waals surface area contributed by atoms with E-state index in [0.717, 1.165) is 17.2 Å². The standard InChI is InChI=1S/C18H17NO4/c20-17(22-13-15-7-3-1-4-8-15)11-12-19-18(21)23-14-16-9-5-2-6-10-16/h1-12H,13-14H2,(H,19,21)/b12-11+. The predicted molar refractivity (Wildman–Crippen MR) is 85.1 cm³/mol. The van der Waals surface area contributed by atoms with E-state index in [0.29, 0.717) is 0 Å². The maximum atomic E-state index is 11.5. The molecule has 2 rings (SSSR count). The van der Waals surface area contributed by atoms with Gasteiger partial charge in [-0.15, -0.1) is 0 Å². The highest BCUT2D eigenvalue weighted by Crippen LogP contribution is 2.01. The zero-order valence-electron chi connectivity index (χ0n) is 12.5. The molecule has 0 aliphatic carbocycles. The molecule has 0 saturated heterocycles. The molecule has 2 aromatic rings. The highest BCUT2D eigenvalue weighted by Gasteiger charge is 2.01. The van der Waals surface area contributed by atoms with Crippen molar-refractivity contribution < 1.29 is 19.1 Å². The molecule has 0 aromatic heterocycles. The van der Waals surface area contributed by atoms with Gasteiger partial charge in [0.15, 0.2) is 0 Å². The number of nitrogens with one attached hydrogen (secondary N) is 1. The lowest BCUT2D eigenvalue weighted by molar-refractivity contribution is -0.139. The van der Waals surface area contributed by atoms with Crippen molar-refractivity contribution in [3.63, 3.8) is 0 Å². The number of carbonyl (C=O) groups is 2. The number of esters is 1. The molecule has 0 saturated carbocycles. The van der Waals surface area contributed by atoms with E-state index >= 15 is 0 Å². The Bertz CT molecular complexity index is 653. The molecule has 0 atom stereocenters. The van der Waals surface area contributed by atoms with E-state index in [2.05, 4.69) is 5.32 Å². The van der Waals surface area contributed by atoms with Gasteiger partial charge in [-0.05, 0) is 11.1 Å². The van der Waals surface area contributed by atoms with Crippen molar-refractivity contribution in [3.05, 3.63) is 84.1 Å². The van der Waals surface area contributed by atoms with Crippen LogP contribution < -0.4 is 5.32 Å². The van der Waals surface area contributed by atoms with Crippen molar-refractivity contribution in [2.45, 2.75) is 13.2 Å². The summed E-state index contributed by atoms with van der Waals surface area (Å²) < 4.78 is 10.0. The van der Waals surface area contributed by atoms with Crippen LogP contribution in [0.3, 0.4) is 0 Å². The zero-order valence-corrected chi connectivity index (χ0v) is 12.5. The third-order valence-electron chi connectivity index (χ3n) is 2.86. The fourth-order valence-electron chi connectivity index (χ4n) is 1.72. The number of amides is 1. The first-order valence-electron chi connectivity index (χ1n) is 7.08. The van der Waals surface area contributed by atoms with Gasteiger partial charge in [-0.25, -0.2) is 9.59 Å². The number of rotatable bonds is 6. The van der Waals surface area contributed by atoms with Crippen LogP contribution in [0, 0.1) is 0 Å². The van der Waals surface area contributed by atoms with Gasteiger partial charge in [-0.2, -0.15) is 0 Å². The molecule has 0 radical (unpaired) electrons. The molecule has 1 amide bonds. The molecule has 0 bridgehead atoms. The van der Waals surface area contributed by atoms with Crippen molar-refractivity contribution in [2.24, 2.45) is 0 Å². The lowest BCUT2D eigenvalue weighted by Crippen LogP contribution is -2.18. The van der Waals surface area contributed by atoms with Crippen LogP contribution in [0.1, 0.15) is 11.1 Å². The number of ether oxygens (including phenoxy) is 2. The van der Waals surface area contributed by atoms with E-state index in [1.54, 1.807) is 0 Å². The second-order valence-corrected chi connectivity index (χ2v) is 4.63. The van der Waals surface area contributed by atoms with Crippen molar-refractivity contribution in [2.75, 3.05) is 0 Å². The summed E-state index contributed by atoms with van der Waals surface area (Å²) in [5.74, 6) is -0.544. The fraction of sp³-hybridized carbons (Fsp3) is 0.111. The Kier molecular flexibility index (Phi) is 6.41. The average molecular weight is 311 g/mol. The van der Waals surface area contributed by atoms with Gasteiger partial charge in [0.05, 0.1) is 0 Å². The molecule has 5 nitrogen and oxygen atoms in total. The topological polar surface area (TPSA) is 64.6 Å².